The van der Waals surface area contributed by atoms with Crippen LogP contribution in [0.25, 0.3) is 0 Å². The number of hydrogen-bond acceptors (Lipinski definition) is 5. The summed E-state index contributed by atoms with van der Waals surface area (Å²) in [6.45, 7) is 8.17. The van der Waals surface area contributed by atoms with E-state index in [1.54, 1.807) is 13.8 Å². The zero-order chi connectivity index (χ0) is 13.5. The van der Waals surface area contributed by atoms with Crippen molar-refractivity contribution in [3.63, 3.8) is 0 Å². The van der Waals surface area contributed by atoms with Gasteiger partial charge in [-0.15, -0.1) is 0 Å². The minimum atomic E-state index is -3.51. The highest BCUT2D eigenvalue weighted by Gasteiger charge is 2.35. The lowest BCUT2D eigenvalue weighted by atomic mass is 10.2. The van der Waals surface area contributed by atoms with E-state index in [0.29, 0.717) is 24.5 Å². The Hall–Kier alpha value is -0.920. The number of aryl methyl sites for hydroxylation is 2. The molecule has 0 spiro atoms. The van der Waals surface area contributed by atoms with Gasteiger partial charge in [-0.05, 0) is 27.7 Å². The van der Waals surface area contributed by atoms with Crippen molar-refractivity contribution in [1.82, 2.24) is 14.8 Å². The topological polar surface area (TPSA) is 75.4 Å². The van der Waals surface area contributed by atoms with Crippen LogP contribution in [0.5, 0.6) is 0 Å². The lowest BCUT2D eigenvalue weighted by Crippen LogP contribution is -2.55. The molecule has 1 saturated heterocycles. The standard InChI is InChI=1S/C11H19N3O3S/c1-7-5-14(6-8(2)12-7)18(15,16)11-9(3)13-17-10(11)4/h7-8,12H,5-6H2,1-4H3. The Kier molecular flexibility index (Phi) is 3.48. The summed E-state index contributed by atoms with van der Waals surface area (Å²) < 4.78 is 31.6. The summed E-state index contributed by atoms with van der Waals surface area (Å²) in [5.41, 5.74) is 0.423. The summed E-state index contributed by atoms with van der Waals surface area (Å²) in [5.74, 6) is 0.353. The van der Waals surface area contributed by atoms with Crippen molar-refractivity contribution in [3.8, 4) is 0 Å². The second-order valence-corrected chi connectivity index (χ2v) is 6.82. The van der Waals surface area contributed by atoms with Crippen molar-refractivity contribution in [3.05, 3.63) is 11.5 Å². The summed E-state index contributed by atoms with van der Waals surface area (Å²) in [6, 6.07) is 0.285. The molecule has 0 saturated carbocycles. The molecule has 7 heteroatoms. The van der Waals surface area contributed by atoms with E-state index >= 15 is 0 Å². The Bertz CT molecular complexity index is 508. The molecule has 0 aliphatic carbocycles. The van der Waals surface area contributed by atoms with Gasteiger partial charge in [0.15, 0.2) is 5.76 Å². The van der Waals surface area contributed by atoms with Crippen molar-refractivity contribution >= 4 is 10.0 Å². The Labute approximate surface area is 107 Å². The summed E-state index contributed by atoms with van der Waals surface area (Å²) in [6.07, 6.45) is 0. The first-order valence-corrected chi connectivity index (χ1v) is 7.45. The van der Waals surface area contributed by atoms with E-state index in [-0.39, 0.29) is 17.0 Å². The molecule has 2 rings (SSSR count). The Morgan fingerprint density at radius 3 is 2.28 bits per heavy atom. The molecule has 0 aromatic carbocycles. The molecule has 0 amide bonds. The predicted molar refractivity (Wildman–Crippen MR) is 66.8 cm³/mol. The van der Waals surface area contributed by atoms with E-state index in [2.05, 4.69) is 10.5 Å². The third-order valence-corrected chi connectivity index (χ3v) is 5.17. The normalized spacial score (nSPS) is 26.4. The van der Waals surface area contributed by atoms with Gasteiger partial charge in [-0.1, -0.05) is 5.16 Å². The van der Waals surface area contributed by atoms with E-state index in [1.807, 2.05) is 13.8 Å². The second-order valence-electron chi connectivity index (χ2n) is 4.94. The van der Waals surface area contributed by atoms with Crippen molar-refractivity contribution in [2.24, 2.45) is 0 Å². The minimum absolute atomic E-state index is 0.143. The molecule has 1 N–H and O–H groups in total. The molecule has 2 unspecified atom stereocenters. The summed E-state index contributed by atoms with van der Waals surface area (Å²) in [4.78, 5) is 0.212. The average Bonchev–Trinajstić information content (AvgIpc) is 2.57. The number of hydrogen-bond donors (Lipinski definition) is 1. The van der Waals surface area contributed by atoms with Gasteiger partial charge in [0.25, 0.3) is 0 Å². The SMILES string of the molecule is Cc1noc(C)c1S(=O)(=O)N1CC(C)NC(C)C1. The van der Waals surface area contributed by atoms with Crippen LogP contribution in [0.4, 0.5) is 0 Å². The Morgan fingerprint density at radius 2 is 1.83 bits per heavy atom. The predicted octanol–water partition coefficient (Wildman–Crippen LogP) is 0.662. The van der Waals surface area contributed by atoms with Crippen LogP contribution in [0.2, 0.25) is 0 Å². The molecule has 1 aliphatic rings. The average molecular weight is 273 g/mol. The highest BCUT2D eigenvalue weighted by Crippen LogP contribution is 2.24. The van der Waals surface area contributed by atoms with Crippen LogP contribution < -0.4 is 5.32 Å². The van der Waals surface area contributed by atoms with Crippen LogP contribution >= 0.6 is 0 Å². The number of piperazine rings is 1. The molecule has 102 valence electrons. The smallest absolute Gasteiger partial charge is 0.248 e. The molecule has 2 atom stereocenters. The Morgan fingerprint density at radius 1 is 1.28 bits per heavy atom. The Balaban J connectivity index is 2.37. The van der Waals surface area contributed by atoms with E-state index in [1.165, 1.54) is 4.31 Å². The number of rotatable bonds is 2. The van der Waals surface area contributed by atoms with Crippen molar-refractivity contribution in [1.29, 1.82) is 0 Å². The van der Waals surface area contributed by atoms with E-state index < -0.39 is 10.0 Å². The van der Waals surface area contributed by atoms with Crippen LogP contribution in [0, 0.1) is 13.8 Å². The van der Waals surface area contributed by atoms with Gasteiger partial charge in [0.2, 0.25) is 10.0 Å². The molecule has 1 aliphatic heterocycles. The second kappa shape index (κ2) is 4.64. The maximum Gasteiger partial charge on any atom is 0.248 e. The molecule has 1 fully saturated rings. The molecule has 1 aromatic heterocycles. The van der Waals surface area contributed by atoms with E-state index in [0.717, 1.165) is 0 Å². The van der Waals surface area contributed by atoms with E-state index in [9.17, 15) is 8.42 Å². The first kappa shape index (κ1) is 13.5. The van der Waals surface area contributed by atoms with Gasteiger partial charge in [0, 0.05) is 25.2 Å². The fourth-order valence-corrected chi connectivity index (χ4v) is 4.35. The van der Waals surface area contributed by atoms with E-state index in [4.69, 9.17) is 4.52 Å². The zero-order valence-electron chi connectivity index (χ0n) is 11.1. The van der Waals surface area contributed by atoms with Gasteiger partial charge < -0.3 is 9.84 Å². The zero-order valence-corrected chi connectivity index (χ0v) is 11.9. The quantitative estimate of drug-likeness (QED) is 0.857. The fourth-order valence-electron chi connectivity index (χ4n) is 2.44. The van der Waals surface area contributed by atoms with Crippen LogP contribution in [-0.4, -0.2) is 43.1 Å². The maximum atomic E-state index is 12.6. The summed E-state index contributed by atoms with van der Waals surface area (Å²) in [7, 11) is -3.51. The van der Waals surface area contributed by atoms with Crippen LogP contribution in [0.1, 0.15) is 25.3 Å². The van der Waals surface area contributed by atoms with Crippen LogP contribution in [0.3, 0.4) is 0 Å². The molecule has 0 radical (unpaired) electrons. The third kappa shape index (κ3) is 2.30. The molecule has 18 heavy (non-hydrogen) atoms. The highest BCUT2D eigenvalue weighted by atomic mass is 32.2. The largest absolute Gasteiger partial charge is 0.360 e. The van der Waals surface area contributed by atoms with Gasteiger partial charge >= 0.3 is 0 Å². The monoisotopic (exact) mass is 273 g/mol. The van der Waals surface area contributed by atoms with Crippen LogP contribution in [-0.2, 0) is 10.0 Å². The first-order chi connectivity index (χ1) is 8.32. The van der Waals surface area contributed by atoms with Gasteiger partial charge in [0.05, 0.1) is 0 Å². The minimum Gasteiger partial charge on any atom is -0.360 e. The lowest BCUT2D eigenvalue weighted by Gasteiger charge is -2.35. The molecule has 1 aromatic rings. The van der Waals surface area contributed by atoms with Gasteiger partial charge in [-0.2, -0.15) is 4.31 Å². The maximum absolute atomic E-state index is 12.6. The van der Waals surface area contributed by atoms with Crippen LogP contribution in [0.15, 0.2) is 9.42 Å². The third-order valence-electron chi connectivity index (χ3n) is 3.09. The highest BCUT2D eigenvalue weighted by molar-refractivity contribution is 7.89. The van der Waals surface area contributed by atoms with Gasteiger partial charge in [-0.25, -0.2) is 8.42 Å². The summed E-state index contributed by atoms with van der Waals surface area (Å²) >= 11 is 0. The van der Waals surface area contributed by atoms with Crippen molar-refractivity contribution in [2.75, 3.05) is 13.1 Å². The summed E-state index contributed by atoms with van der Waals surface area (Å²) in [5, 5.41) is 7.03. The molecule has 2 heterocycles. The molecule has 6 nitrogen and oxygen atoms in total. The lowest BCUT2D eigenvalue weighted by molar-refractivity contribution is 0.262. The molecular weight excluding hydrogens is 254 g/mol. The molecule has 0 bridgehead atoms. The number of aromatic nitrogens is 1. The number of nitrogens with zero attached hydrogens (tertiary/aromatic N) is 2. The fraction of sp³-hybridized carbons (Fsp3) is 0.727. The number of sulfonamides is 1. The van der Waals surface area contributed by atoms with Gasteiger partial charge in [-0.3, -0.25) is 0 Å². The first-order valence-electron chi connectivity index (χ1n) is 6.01. The van der Waals surface area contributed by atoms with Crippen molar-refractivity contribution in [2.45, 2.75) is 44.7 Å². The van der Waals surface area contributed by atoms with Crippen molar-refractivity contribution < 1.29 is 12.9 Å². The van der Waals surface area contributed by atoms with Gasteiger partial charge in [0.1, 0.15) is 10.6 Å². The number of nitrogens with one attached hydrogen (secondary N) is 1. The molecular formula is C11H19N3O3S.